The molecule has 0 saturated carbocycles. The molecule has 1 atom stereocenters. The molecular formula is C16H20N2O. The molecule has 0 aliphatic heterocycles. The van der Waals surface area contributed by atoms with E-state index in [2.05, 4.69) is 35.4 Å². The average Bonchev–Trinajstić information content (AvgIpc) is 2.42. The van der Waals surface area contributed by atoms with Gasteiger partial charge in [-0.3, -0.25) is 4.98 Å². The van der Waals surface area contributed by atoms with Crippen LogP contribution in [0.3, 0.4) is 0 Å². The van der Waals surface area contributed by atoms with Crippen LogP contribution in [0.5, 0.6) is 5.75 Å². The van der Waals surface area contributed by atoms with Gasteiger partial charge in [0.05, 0.1) is 18.3 Å². The summed E-state index contributed by atoms with van der Waals surface area (Å²) in [7, 11) is 1.95. The summed E-state index contributed by atoms with van der Waals surface area (Å²) in [4.78, 5) is 4.45. The van der Waals surface area contributed by atoms with Crippen LogP contribution in [-0.2, 0) is 0 Å². The molecule has 0 radical (unpaired) electrons. The lowest BCUT2D eigenvalue weighted by atomic mass is 10.0. The normalized spacial score (nSPS) is 12.2. The summed E-state index contributed by atoms with van der Waals surface area (Å²) in [6.07, 6.45) is 1.85. The van der Waals surface area contributed by atoms with Crippen molar-refractivity contribution in [2.24, 2.45) is 0 Å². The Morgan fingerprint density at radius 1 is 1.21 bits per heavy atom. The zero-order chi connectivity index (χ0) is 13.7. The summed E-state index contributed by atoms with van der Waals surface area (Å²) in [5, 5.41) is 3.31. The summed E-state index contributed by atoms with van der Waals surface area (Å²) >= 11 is 0. The highest BCUT2D eigenvalue weighted by molar-refractivity contribution is 5.34. The van der Waals surface area contributed by atoms with E-state index in [1.807, 2.05) is 38.4 Å². The second kappa shape index (κ2) is 6.34. The van der Waals surface area contributed by atoms with E-state index in [0.717, 1.165) is 11.4 Å². The minimum absolute atomic E-state index is 0.107. The Kier molecular flexibility index (Phi) is 4.53. The van der Waals surface area contributed by atoms with Crippen molar-refractivity contribution in [3.8, 4) is 5.75 Å². The maximum absolute atomic E-state index is 5.46. The SMILES string of the molecule is CCOc1ccc(C(NC)c2cc(C)ccn2)cc1. The Balaban J connectivity index is 2.26. The number of ether oxygens (including phenoxy) is 1. The first-order valence-electron chi connectivity index (χ1n) is 6.57. The van der Waals surface area contributed by atoms with Gasteiger partial charge in [-0.05, 0) is 56.3 Å². The molecule has 1 unspecified atom stereocenters. The van der Waals surface area contributed by atoms with Crippen LogP contribution in [0.1, 0.15) is 29.8 Å². The molecule has 0 amide bonds. The minimum Gasteiger partial charge on any atom is -0.494 e. The van der Waals surface area contributed by atoms with Crippen LogP contribution < -0.4 is 10.1 Å². The van der Waals surface area contributed by atoms with Crippen molar-refractivity contribution >= 4 is 0 Å². The first-order chi connectivity index (χ1) is 9.24. The van der Waals surface area contributed by atoms with Crippen LogP contribution >= 0.6 is 0 Å². The second-order valence-electron chi connectivity index (χ2n) is 4.48. The maximum Gasteiger partial charge on any atom is 0.119 e. The van der Waals surface area contributed by atoms with Crippen molar-refractivity contribution in [3.63, 3.8) is 0 Å². The number of aryl methyl sites for hydroxylation is 1. The Labute approximate surface area is 114 Å². The van der Waals surface area contributed by atoms with Crippen molar-refractivity contribution < 1.29 is 4.74 Å². The molecule has 100 valence electrons. The van der Waals surface area contributed by atoms with Crippen molar-refractivity contribution in [3.05, 3.63) is 59.4 Å². The fraction of sp³-hybridized carbons (Fsp3) is 0.312. The molecule has 1 N–H and O–H groups in total. The Morgan fingerprint density at radius 2 is 1.95 bits per heavy atom. The summed E-state index contributed by atoms with van der Waals surface area (Å²) in [5.74, 6) is 0.901. The van der Waals surface area contributed by atoms with Gasteiger partial charge in [0.1, 0.15) is 5.75 Å². The number of nitrogens with one attached hydrogen (secondary N) is 1. The van der Waals surface area contributed by atoms with Crippen molar-refractivity contribution in [2.75, 3.05) is 13.7 Å². The van der Waals surface area contributed by atoms with Gasteiger partial charge in [0.25, 0.3) is 0 Å². The maximum atomic E-state index is 5.46. The molecule has 0 spiro atoms. The van der Waals surface area contributed by atoms with Gasteiger partial charge in [0, 0.05) is 6.20 Å². The number of rotatable bonds is 5. The molecule has 0 saturated heterocycles. The molecule has 1 aromatic carbocycles. The Morgan fingerprint density at radius 3 is 2.53 bits per heavy atom. The van der Waals surface area contributed by atoms with Crippen LogP contribution in [0, 0.1) is 6.92 Å². The standard InChI is InChI=1S/C16H20N2O/c1-4-19-14-7-5-13(6-8-14)16(17-3)15-11-12(2)9-10-18-15/h5-11,16-17H,4H2,1-3H3. The summed E-state index contributed by atoms with van der Waals surface area (Å²) in [6.45, 7) is 4.76. The van der Waals surface area contributed by atoms with Gasteiger partial charge in [-0.2, -0.15) is 0 Å². The topological polar surface area (TPSA) is 34.1 Å². The number of pyridine rings is 1. The lowest BCUT2D eigenvalue weighted by Crippen LogP contribution is -2.18. The van der Waals surface area contributed by atoms with E-state index in [-0.39, 0.29) is 6.04 Å². The second-order valence-corrected chi connectivity index (χ2v) is 4.48. The predicted molar refractivity (Wildman–Crippen MR) is 77.5 cm³/mol. The third kappa shape index (κ3) is 3.32. The molecule has 0 aliphatic rings. The smallest absolute Gasteiger partial charge is 0.119 e. The fourth-order valence-corrected chi connectivity index (χ4v) is 2.13. The van der Waals surface area contributed by atoms with Gasteiger partial charge in [-0.15, -0.1) is 0 Å². The first kappa shape index (κ1) is 13.6. The van der Waals surface area contributed by atoms with E-state index < -0.39 is 0 Å². The molecule has 2 rings (SSSR count). The van der Waals surface area contributed by atoms with Gasteiger partial charge in [-0.25, -0.2) is 0 Å². The molecular weight excluding hydrogens is 236 g/mol. The van der Waals surface area contributed by atoms with Crippen LogP contribution in [0.25, 0.3) is 0 Å². The van der Waals surface area contributed by atoms with E-state index in [1.165, 1.54) is 11.1 Å². The van der Waals surface area contributed by atoms with Gasteiger partial charge < -0.3 is 10.1 Å². The van der Waals surface area contributed by atoms with Gasteiger partial charge in [0.15, 0.2) is 0 Å². The largest absolute Gasteiger partial charge is 0.494 e. The highest BCUT2D eigenvalue weighted by Crippen LogP contribution is 2.23. The minimum atomic E-state index is 0.107. The number of hydrogen-bond acceptors (Lipinski definition) is 3. The lowest BCUT2D eigenvalue weighted by molar-refractivity contribution is 0.340. The van der Waals surface area contributed by atoms with Crippen LogP contribution in [0.4, 0.5) is 0 Å². The quantitative estimate of drug-likeness (QED) is 0.892. The third-order valence-corrected chi connectivity index (χ3v) is 3.05. The molecule has 19 heavy (non-hydrogen) atoms. The van der Waals surface area contributed by atoms with Crippen LogP contribution in [0.15, 0.2) is 42.6 Å². The number of aromatic nitrogens is 1. The Bertz CT molecular complexity index is 523. The van der Waals surface area contributed by atoms with E-state index >= 15 is 0 Å². The molecule has 0 fully saturated rings. The van der Waals surface area contributed by atoms with E-state index in [0.29, 0.717) is 6.61 Å². The van der Waals surface area contributed by atoms with Crippen molar-refractivity contribution in [2.45, 2.75) is 19.9 Å². The van der Waals surface area contributed by atoms with E-state index in [9.17, 15) is 0 Å². The van der Waals surface area contributed by atoms with Crippen molar-refractivity contribution in [1.29, 1.82) is 0 Å². The van der Waals surface area contributed by atoms with E-state index in [1.54, 1.807) is 0 Å². The number of benzene rings is 1. The monoisotopic (exact) mass is 256 g/mol. The zero-order valence-corrected chi connectivity index (χ0v) is 11.7. The summed E-state index contributed by atoms with van der Waals surface area (Å²) < 4.78 is 5.46. The van der Waals surface area contributed by atoms with Crippen LogP contribution in [-0.4, -0.2) is 18.6 Å². The molecule has 2 aromatic rings. The lowest BCUT2D eigenvalue weighted by Gasteiger charge is -2.17. The molecule has 3 heteroatoms. The van der Waals surface area contributed by atoms with Gasteiger partial charge >= 0.3 is 0 Å². The predicted octanol–water partition coefficient (Wildman–Crippen LogP) is 3.10. The van der Waals surface area contributed by atoms with Crippen molar-refractivity contribution in [1.82, 2.24) is 10.3 Å². The first-order valence-corrected chi connectivity index (χ1v) is 6.57. The highest BCUT2D eigenvalue weighted by atomic mass is 16.5. The molecule has 1 aromatic heterocycles. The molecule has 0 aliphatic carbocycles. The van der Waals surface area contributed by atoms with Gasteiger partial charge in [-0.1, -0.05) is 12.1 Å². The van der Waals surface area contributed by atoms with E-state index in [4.69, 9.17) is 4.74 Å². The van der Waals surface area contributed by atoms with Gasteiger partial charge in [0.2, 0.25) is 0 Å². The highest BCUT2D eigenvalue weighted by Gasteiger charge is 2.13. The molecule has 0 bridgehead atoms. The Hall–Kier alpha value is -1.87. The zero-order valence-electron chi connectivity index (χ0n) is 11.7. The number of nitrogens with zero attached hydrogens (tertiary/aromatic N) is 1. The summed E-state index contributed by atoms with van der Waals surface area (Å²) in [5.41, 5.74) is 3.44. The molecule has 1 heterocycles. The fourth-order valence-electron chi connectivity index (χ4n) is 2.13. The molecule has 3 nitrogen and oxygen atoms in total. The van der Waals surface area contributed by atoms with Crippen LogP contribution in [0.2, 0.25) is 0 Å². The third-order valence-electron chi connectivity index (χ3n) is 3.05. The number of hydrogen-bond donors (Lipinski definition) is 1. The summed E-state index contributed by atoms with van der Waals surface area (Å²) in [6, 6.07) is 12.4. The average molecular weight is 256 g/mol.